The van der Waals surface area contributed by atoms with Crippen LogP contribution in [0.5, 0.6) is 0 Å². The molecule has 1 saturated carbocycles. The lowest BCUT2D eigenvalue weighted by atomic mass is 10.3. The first-order valence-electron chi connectivity index (χ1n) is 6.69. The number of aromatic nitrogens is 4. The fourth-order valence-electron chi connectivity index (χ4n) is 1.54. The molecular weight excluding hydrogens is 280 g/mol. The maximum Gasteiger partial charge on any atom is 0.321 e. The molecule has 8 nitrogen and oxygen atoms in total. The van der Waals surface area contributed by atoms with E-state index in [9.17, 15) is 9.59 Å². The van der Waals surface area contributed by atoms with Crippen LogP contribution in [0.15, 0.2) is 5.16 Å². The van der Waals surface area contributed by atoms with Gasteiger partial charge in [-0.05, 0) is 29.7 Å². The molecule has 0 unspecified atom stereocenters. The van der Waals surface area contributed by atoms with E-state index in [1.807, 2.05) is 6.92 Å². The predicted molar refractivity (Wildman–Crippen MR) is 73.3 cm³/mol. The van der Waals surface area contributed by atoms with Crippen LogP contribution in [-0.4, -0.2) is 44.4 Å². The van der Waals surface area contributed by atoms with Crippen molar-refractivity contribution in [1.29, 1.82) is 0 Å². The first-order chi connectivity index (χ1) is 9.70. The summed E-state index contributed by atoms with van der Waals surface area (Å²) in [5.41, 5.74) is 0. The van der Waals surface area contributed by atoms with Crippen LogP contribution in [0.4, 0.5) is 4.79 Å². The molecular formula is C11H18N6O2S. The molecule has 0 aliphatic heterocycles. The number of unbranched alkanes of at least 4 members (excludes halogenated alkanes) is 1. The van der Waals surface area contributed by atoms with Gasteiger partial charge in [0.2, 0.25) is 11.1 Å². The topological polar surface area (TPSA) is 102 Å². The second-order valence-electron chi connectivity index (χ2n) is 4.58. The van der Waals surface area contributed by atoms with Crippen LogP contribution in [-0.2, 0) is 4.79 Å². The molecule has 0 saturated heterocycles. The highest BCUT2D eigenvalue weighted by Gasteiger charge is 2.28. The average Bonchev–Trinajstić information content (AvgIpc) is 3.15. The van der Waals surface area contributed by atoms with Crippen molar-refractivity contribution in [3.63, 3.8) is 0 Å². The molecule has 3 amide bonds. The Bertz CT molecular complexity index is 473. The summed E-state index contributed by atoms with van der Waals surface area (Å²) in [7, 11) is 0. The van der Waals surface area contributed by atoms with Crippen LogP contribution >= 0.6 is 11.8 Å². The van der Waals surface area contributed by atoms with Crippen molar-refractivity contribution in [2.45, 2.75) is 43.8 Å². The van der Waals surface area contributed by atoms with Crippen LogP contribution in [0.3, 0.4) is 0 Å². The fourth-order valence-corrected chi connectivity index (χ4v) is 2.29. The van der Waals surface area contributed by atoms with Crippen molar-refractivity contribution in [2.75, 3.05) is 12.3 Å². The van der Waals surface area contributed by atoms with Gasteiger partial charge in [0.05, 0.1) is 11.8 Å². The summed E-state index contributed by atoms with van der Waals surface area (Å²) in [6.45, 7) is 2.61. The molecule has 2 rings (SSSR count). The Morgan fingerprint density at radius 1 is 1.45 bits per heavy atom. The average molecular weight is 298 g/mol. The summed E-state index contributed by atoms with van der Waals surface area (Å²) in [5.74, 6) is -0.233. The van der Waals surface area contributed by atoms with E-state index in [0.29, 0.717) is 17.7 Å². The van der Waals surface area contributed by atoms with Crippen molar-refractivity contribution in [3.05, 3.63) is 0 Å². The Kier molecular flexibility index (Phi) is 5.33. The van der Waals surface area contributed by atoms with Crippen LogP contribution < -0.4 is 10.6 Å². The van der Waals surface area contributed by atoms with Gasteiger partial charge in [-0.3, -0.25) is 10.1 Å². The highest BCUT2D eigenvalue weighted by Crippen LogP contribution is 2.36. The molecule has 110 valence electrons. The molecule has 1 aromatic heterocycles. The molecule has 1 aliphatic carbocycles. The van der Waals surface area contributed by atoms with Gasteiger partial charge in [-0.1, -0.05) is 25.1 Å². The number of hydrogen-bond acceptors (Lipinski definition) is 6. The summed E-state index contributed by atoms with van der Waals surface area (Å²) in [5, 5.41) is 16.9. The van der Waals surface area contributed by atoms with Crippen LogP contribution in [0.25, 0.3) is 0 Å². The maximum absolute atomic E-state index is 11.6. The highest BCUT2D eigenvalue weighted by molar-refractivity contribution is 7.99. The number of nitrogens with zero attached hydrogens (tertiary/aromatic N) is 4. The Hall–Kier alpha value is -1.64. The third-order valence-electron chi connectivity index (χ3n) is 2.76. The van der Waals surface area contributed by atoms with E-state index in [0.717, 1.165) is 25.7 Å². The Morgan fingerprint density at radius 3 is 2.95 bits per heavy atom. The quantitative estimate of drug-likeness (QED) is 0.568. The van der Waals surface area contributed by atoms with Gasteiger partial charge in [-0.25, -0.2) is 9.48 Å². The number of rotatable bonds is 7. The number of nitrogens with one attached hydrogen (secondary N) is 2. The highest BCUT2D eigenvalue weighted by atomic mass is 32.2. The van der Waals surface area contributed by atoms with Crippen molar-refractivity contribution in [3.8, 4) is 0 Å². The third kappa shape index (κ3) is 4.48. The predicted octanol–water partition coefficient (Wildman–Crippen LogP) is 0.726. The molecule has 0 radical (unpaired) electrons. The second-order valence-corrected chi connectivity index (χ2v) is 5.53. The lowest BCUT2D eigenvalue weighted by Gasteiger charge is -2.05. The minimum absolute atomic E-state index is 0.119. The third-order valence-corrected chi connectivity index (χ3v) is 3.69. The van der Waals surface area contributed by atoms with E-state index in [4.69, 9.17) is 0 Å². The molecule has 20 heavy (non-hydrogen) atoms. The Balaban J connectivity index is 1.69. The normalized spacial score (nSPS) is 14.1. The zero-order valence-electron chi connectivity index (χ0n) is 11.3. The van der Waals surface area contributed by atoms with Crippen molar-refractivity contribution in [1.82, 2.24) is 30.8 Å². The van der Waals surface area contributed by atoms with Gasteiger partial charge in [0.15, 0.2) is 0 Å². The van der Waals surface area contributed by atoms with Gasteiger partial charge in [0.25, 0.3) is 0 Å². The minimum Gasteiger partial charge on any atom is -0.338 e. The summed E-state index contributed by atoms with van der Waals surface area (Å²) in [6.07, 6.45) is 4.04. The maximum atomic E-state index is 11.6. The number of urea groups is 1. The van der Waals surface area contributed by atoms with E-state index in [-0.39, 0.29) is 11.7 Å². The van der Waals surface area contributed by atoms with Gasteiger partial charge in [0.1, 0.15) is 0 Å². The summed E-state index contributed by atoms with van der Waals surface area (Å²) in [6, 6.07) is -0.0845. The van der Waals surface area contributed by atoms with Gasteiger partial charge < -0.3 is 5.32 Å². The Labute approximate surface area is 121 Å². The molecule has 2 N–H and O–H groups in total. The number of thioether (sulfide) groups is 1. The number of amides is 3. The molecule has 9 heteroatoms. The Morgan fingerprint density at radius 2 is 2.25 bits per heavy atom. The molecule has 0 atom stereocenters. The van der Waals surface area contributed by atoms with Gasteiger partial charge in [-0.15, -0.1) is 5.10 Å². The van der Waals surface area contributed by atoms with Crippen molar-refractivity contribution >= 4 is 23.7 Å². The van der Waals surface area contributed by atoms with Gasteiger partial charge >= 0.3 is 6.03 Å². The van der Waals surface area contributed by atoms with Crippen LogP contribution in [0.1, 0.15) is 38.6 Å². The van der Waals surface area contributed by atoms with Gasteiger partial charge in [-0.2, -0.15) is 0 Å². The number of carbonyl (C=O) groups is 2. The lowest BCUT2D eigenvalue weighted by molar-refractivity contribution is -0.117. The van der Waals surface area contributed by atoms with Crippen molar-refractivity contribution < 1.29 is 9.59 Å². The lowest BCUT2D eigenvalue weighted by Crippen LogP contribution is -2.40. The van der Waals surface area contributed by atoms with E-state index in [1.54, 1.807) is 4.68 Å². The zero-order valence-corrected chi connectivity index (χ0v) is 12.2. The molecule has 1 aromatic rings. The molecule has 0 aromatic carbocycles. The smallest absolute Gasteiger partial charge is 0.321 e. The molecule has 1 aliphatic rings. The number of tetrazole rings is 1. The number of hydrogen-bond donors (Lipinski definition) is 2. The zero-order chi connectivity index (χ0) is 14.4. The summed E-state index contributed by atoms with van der Waals surface area (Å²) < 4.78 is 1.74. The number of imide groups is 1. The van der Waals surface area contributed by atoms with Crippen LogP contribution in [0.2, 0.25) is 0 Å². The molecule has 0 spiro atoms. The summed E-state index contributed by atoms with van der Waals surface area (Å²) in [4.78, 5) is 23.0. The molecule has 1 heterocycles. The van der Waals surface area contributed by atoms with E-state index < -0.39 is 6.03 Å². The first-order valence-corrected chi connectivity index (χ1v) is 7.67. The van der Waals surface area contributed by atoms with Crippen molar-refractivity contribution in [2.24, 2.45) is 0 Å². The second kappa shape index (κ2) is 7.22. The molecule has 1 fully saturated rings. The minimum atomic E-state index is -0.453. The fraction of sp³-hybridized carbons (Fsp3) is 0.727. The van der Waals surface area contributed by atoms with Crippen LogP contribution in [0, 0.1) is 0 Å². The summed E-state index contributed by atoms with van der Waals surface area (Å²) >= 11 is 1.24. The van der Waals surface area contributed by atoms with E-state index in [2.05, 4.69) is 26.2 Å². The molecule has 0 bridgehead atoms. The van der Waals surface area contributed by atoms with E-state index >= 15 is 0 Å². The number of carbonyl (C=O) groups excluding carboxylic acids is 2. The van der Waals surface area contributed by atoms with Gasteiger partial charge in [0, 0.05) is 6.54 Å². The monoisotopic (exact) mass is 298 g/mol. The first kappa shape index (κ1) is 14.8. The standard InChI is InChI=1S/C11H18N6O2S/c1-2-3-6-12-10(19)13-9(18)7-20-11-14-15-16-17(11)8-4-5-8/h8H,2-7H2,1H3,(H2,12,13,18,19). The largest absolute Gasteiger partial charge is 0.338 e. The van der Waals surface area contributed by atoms with E-state index in [1.165, 1.54) is 11.8 Å². The SMILES string of the molecule is CCCCNC(=O)NC(=O)CSc1nnnn1C1CC1.